The van der Waals surface area contributed by atoms with Crippen LogP contribution in [0.25, 0.3) is 0 Å². The van der Waals surface area contributed by atoms with Crippen molar-refractivity contribution in [2.45, 2.75) is 32.6 Å². The molecular formula is C12H23NO3S2. The van der Waals surface area contributed by atoms with Crippen molar-refractivity contribution in [3.05, 3.63) is 0 Å². The number of Topliss-reactive ketones (excluding diaryl/α,β-unsaturated/α-hetero) is 1. The summed E-state index contributed by atoms with van der Waals surface area (Å²) >= 11 is 1.67. The van der Waals surface area contributed by atoms with Crippen molar-refractivity contribution in [2.75, 3.05) is 30.9 Å². The first-order chi connectivity index (χ1) is 8.12. The van der Waals surface area contributed by atoms with Crippen LogP contribution in [0.15, 0.2) is 0 Å². The van der Waals surface area contributed by atoms with Crippen molar-refractivity contribution in [3.63, 3.8) is 0 Å². The third-order valence-electron chi connectivity index (χ3n) is 3.15. The van der Waals surface area contributed by atoms with Crippen LogP contribution in [0.3, 0.4) is 0 Å². The number of carbonyl (C=O) groups is 1. The van der Waals surface area contributed by atoms with Crippen LogP contribution in [0.2, 0.25) is 0 Å². The van der Waals surface area contributed by atoms with Crippen LogP contribution in [0.1, 0.15) is 27.2 Å². The normalized spacial score (nSPS) is 23.0. The third kappa shape index (κ3) is 4.55. The van der Waals surface area contributed by atoms with Crippen LogP contribution in [0.4, 0.5) is 0 Å². The average Bonchev–Trinajstić information content (AvgIpc) is 2.23. The van der Waals surface area contributed by atoms with Gasteiger partial charge in [0, 0.05) is 42.7 Å². The molecule has 1 unspecified atom stereocenters. The van der Waals surface area contributed by atoms with Gasteiger partial charge < -0.3 is 0 Å². The fourth-order valence-corrected chi connectivity index (χ4v) is 4.86. The minimum atomic E-state index is -3.06. The molecule has 0 aromatic rings. The van der Waals surface area contributed by atoms with Crippen LogP contribution in [0.5, 0.6) is 0 Å². The third-order valence-corrected chi connectivity index (χ3v) is 5.83. The second kappa shape index (κ2) is 5.92. The molecule has 1 heterocycles. The lowest BCUT2D eigenvalue weighted by Crippen LogP contribution is -2.47. The number of sulfone groups is 1. The molecule has 1 rings (SSSR count). The van der Waals surface area contributed by atoms with Crippen LogP contribution < -0.4 is 0 Å². The summed E-state index contributed by atoms with van der Waals surface area (Å²) in [7, 11) is -3.06. The van der Waals surface area contributed by atoms with E-state index in [1.54, 1.807) is 11.8 Å². The van der Waals surface area contributed by atoms with Gasteiger partial charge in [0.15, 0.2) is 9.84 Å². The van der Waals surface area contributed by atoms with E-state index in [0.717, 1.165) is 12.3 Å². The largest absolute Gasteiger partial charge is 0.299 e. The lowest BCUT2D eigenvalue weighted by Gasteiger charge is -2.34. The molecule has 0 N–H and O–H groups in total. The minimum Gasteiger partial charge on any atom is -0.299 e. The molecule has 0 amide bonds. The summed E-state index contributed by atoms with van der Waals surface area (Å²) in [6.45, 7) is 6.99. The van der Waals surface area contributed by atoms with E-state index in [0.29, 0.717) is 18.7 Å². The molecule has 1 fully saturated rings. The van der Waals surface area contributed by atoms with E-state index < -0.39 is 15.2 Å². The molecule has 1 saturated heterocycles. The Labute approximate surface area is 114 Å². The first-order valence-corrected chi connectivity index (χ1v) is 9.27. The molecule has 0 aromatic carbocycles. The van der Waals surface area contributed by atoms with Crippen LogP contribution in [-0.4, -0.2) is 55.3 Å². The number of nitrogens with zero attached hydrogens (tertiary/aromatic N) is 1. The first-order valence-electron chi connectivity index (χ1n) is 6.16. The molecular weight excluding hydrogens is 270 g/mol. The fourth-order valence-electron chi connectivity index (χ4n) is 1.89. The lowest BCUT2D eigenvalue weighted by molar-refractivity contribution is -0.126. The SMILES string of the molecule is CC(C)(C)C(=O)CCN1CCSCC1S(C)(=O)=O. The predicted octanol–water partition coefficient (Wildman–Crippen LogP) is 1.41. The molecule has 0 saturated carbocycles. The molecule has 106 valence electrons. The Morgan fingerprint density at radius 1 is 1.39 bits per heavy atom. The second-order valence-electron chi connectivity index (χ2n) is 5.82. The summed E-state index contributed by atoms with van der Waals surface area (Å²) in [5, 5.41) is -0.427. The van der Waals surface area contributed by atoms with Crippen molar-refractivity contribution in [2.24, 2.45) is 5.41 Å². The molecule has 4 nitrogen and oxygen atoms in total. The van der Waals surface area contributed by atoms with Crippen molar-refractivity contribution >= 4 is 27.4 Å². The fraction of sp³-hybridized carbons (Fsp3) is 0.917. The van der Waals surface area contributed by atoms with E-state index in [-0.39, 0.29) is 11.2 Å². The number of hydrogen-bond donors (Lipinski definition) is 0. The monoisotopic (exact) mass is 293 g/mol. The zero-order chi connectivity index (χ0) is 14.0. The number of rotatable bonds is 4. The van der Waals surface area contributed by atoms with Gasteiger partial charge in [-0.3, -0.25) is 9.69 Å². The van der Waals surface area contributed by atoms with Crippen molar-refractivity contribution in [3.8, 4) is 0 Å². The zero-order valence-electron chi connectivity index (χ0n) is 11.6. The van der Waals surface area contributed by atoms with Gasteiger partial charge in [-0.05, 0) is 0 Å². The van der Waals surface area contributed by atoms with Gasteiger partial charge in [0.25, 0.3) is 0 Å². The van der Waals surface area contributed by atoms with Gasteiger partial charge in [-0.15, -0.1) is 0 Å². The maximum Gasteiger partial charge on any atom is 0.164 e. The molecule has 1 aliphatic rings. The van der Waals surface area contributed by atoms with Crippen molar-refractivity contribution in [1.29, 1.82) is 0 Å². The smallest absolute Gasteiger partial charge is 0.164 e. The Bertz CT molecular complexity index is 398. The summed E-state index contributed by atoms with van der Waals surface area (Å²) in [4.78, 5) is 13.8. The van der Waals surface area contributed by atoms with E-state index in [1.807, 2.05) is 25.7 Å². The molecule has 1 aliphatic heterocycles. The van der Waals surface area contributed by atoms with E-state index in [1.165, 1.54) is 6.26 Å². The number of ketones is 1. The molecule has 18 heavy (non-hydrogen) atoms. The Balaban J connectivity index is 2.62. The topological polar surface area (TPSA) is 54.5 Å². The summed E-state index contributed by atoms with van der Waals surface area (Å²) in [6, 6.07) is 0. The molecule has 0 aromatic heterocycles. The van der Waals surface area contributed by atoms with Gasteiger partial charge in [-0.25, -0.2) is 8.42 Å². The van der Waals surface area contributed by atoms with Crippen molar-refractivity contribution in [1.82, 2.24) is 4.90 Å². The minimum absolute atomic E-state index is 0.188. The summed E-state index contributed by atoms with van der Waals surface area (Å²) in [6.07, 6.45) is 1.71. The molecule has 1 atom stereocenters. The Kier molecular flexibility index (Phi) is 5.26. The summed E-state index contributed by atoms with van der Waals surface area (Å²) in [5.74, 6) is 1.74. The van der Waals surface area contributed by atoms with E-state index >= 15 is 0 Å². The maximum atomic E-state index is 11.9. The van der Waals surface area contributed by atoms with Crippen molar-refractivity contribution < 1.29 is 13.2 Å². The van der Waals surface area contributed by atoms with Gasteiger partial charge in [0.05, 0.1) is 0 Å². The Morgan fingerprint density at radius 2 is 2.00 bits per heavy atom. The number of thioether (sulfide) groups is 1. The maximum absolute atomic E-state index is 11.9. The summed E-state index contributed by atoms with van der Waals surface area (Å²) in [5.41, 5.74) is -0.342. The van der Waals surface area contributed by atoms with Crippen LogP contribution in [-0.2, 0) is 14.6 Å². The van der Waals surface area contributed by atoms with Gasteiger partial charge in [0.2, 0.25) is 0 Å². The molecule has 6 heteroatoms. The van der Waals surface area contributed by atoms with Gasteiger partial charge in [-0.1, -0.05) is 20.8 Å². The first kappa shape index (κ1) is 16.0. The Hall–Kier alpha value is -0.0700. The molecule has 0 spiro atoms. The quantitative estimate of drug-likeness (QED) is 0.784. The highest BCUT2D eigenvalue weighted by Crippen LogP contribution is 2.22. The number of hydrogen-bond acceptors (Lipinski definition) is 5. The van der Waals surface area contributed by atoms with E-state index in [9.17, 15) is 13.2 Å². The van der Waals surface area contributed by atoms with E-state index in [4.69, 9.17) is 0 Å². The molecule has 0 bridgehead atoms. The highest BCUT2D eigenvalue weighted by Gasteiger charge is 2.31. The van der Waals surface area contributed by atoms with E-state index in [2.05, 4.69) is 0 Å². The second-order valence-corrected chi connectivity index (χ2v) is 9.17. The molecule has 0 aliphatic carbocycles. The van der Waals surface area contributed by atoms with Gasteiger partial charge >= 0.3 is 0 Å². The standard InChI is InChI=1S/C12H23NO3S2/c1-12(2,3)10(14)5-6-13-7-8-17-9-11(13)18(4,15)16/h11H,5-9H2,1-4H3. The van der Waals surface area contributed by atoms with Gasteiger partial charge in [-0.2, -0.15) is 11.8 Å². The van der Waals surface area contributed by atoms with Gasteiger partial charge in [0.1, 0.15) is 11.2 Å². The summed E-state index contributed by atoms with van der Waals surface area (Å²) < 4.78 is 23.4. The zero-order valence-corrected chi connectivity index (χ0v) is 13.2. The van der Waals surface area contributed by atoms with Crippen LogP contribution in [0, 0.1) is 5.41 Å². The lowest BCUT2D eigenvalue weighted by atomic mass is 9.89. The number of carbonyl (C=O) groups excluding carboxylic acids is 1. The highest BCUT2D eigenvalue weighted by molar-refractivity contribution is 8.00. The average molecular weight is 293 g/mol. The molecule has 0 radical (unpaired) electrons. The Morgan fingerprint density at radius 3 is 2.50 bits per heavy atom. The highest BCUT2D eigenvalue weighted by atomic mass is 32.2. The van der Waals surface area contributed by atoms with Crippen LogP contribution >= 0.6 is 11.8 Å². The predicted molar refractivity (Wildman–Crippen MR) is 76.6 cm³/mol.